The van der Waals surface area contributed by atoms with Gasteiger partial charge in [-0.2, -0.15) is 4.31 Å². The molecule has 6 nitrogen and oxygen atoms in total. The number of aromatic nitrogens is 1. The molecule has 1 saturated heterocycles. The topological polar surface area (TPSA) is 72.6 Å². The van der Waals surface area contributed by atoms with E-state index in [2.05, 4.69) is 5.16 Å². The Balaban J connectivity index is 1.90. The Morgan fingerprint density at radius 2 is 2.00 bits per heavy atom. The molecule has 7 heteroatoms. The van der Waals surface area contributed by atoms with E-state index in [1.165, 1.54) is 4.31 Å². The number of nitrogens with zero attached hydrogens (tertiary/aromatic N) is 2. The van der Waals surface area contributed by atoms with Crippen LogP contribution in [0.4, 0.5) is 0 Å². The minimum Gasteiger partial charge on any atom is -0.497 e. The summed E-state index contributed by atoms with van der Waals surface area (Å²) in [5.74, 6) is 1.49. The van der Waals surface area contributed by atoms with Gasteiger partial charge in [0, 0.05) is 12.6 Å². The van der Waals surface area contributed by atoms with Crippen LogP contribution < -0.4 is 4.74 Å². The molecule has 130 valence electrons. The standard InChI is InChI=1S/C17H22N2O4S/c1-12(2)15-11-17(23-18-15)16-5-4-10-19(16)24(20,21)14-8-6-13(22-3)7-9-14/h6-9,11-12,16H,4-5,10H2,1-3H3/t16-/m1/s1. The second-order valence-corrected chi connectivity index (χ2v) is 8.15. The van der Waals surface area contributed by atoms with E-state index in [9.17, 15) is 8.42 Å². The molecule has 0 N–H and O–H groups in total. The normalized spacial score (nSPS) is 19.1. The van der Waals surface area contributed by atoms with Crippen molar-refractivity contribution in [2.75, 3.05) is 13.7 Å². The molecule has 0 radical (unpaired) electrons. The molecule has 0 aliphatic carbocycles. The van der Waals surface area contributed by atoms with Gasteiger partial charge in [-0.3, -0.25) is 0 Å². The smallest absolute Gasteiger partial charge is 0.243 e. The zero-order valence-electron chi connectivity index (χ0n) is 14.1. The lowest BCUT2D eigenvalue weighted by Crippen LogP contribution is -2.30. The van der Waals surface area contributed by atoms with Gasteiger partial charge in [-0.1, -0.05) is 19.0 Å². The monoisotopic (exact) mass is 350 g/mol. The fraction of sp³-hybridized carbons (Fsp3) is 0.471. The second kappa shape index (κ2) is 6.57. The summed E-state index contributed by atoms with van der Waals surface area (Å²) >= 11 is 0. The highest BCUT2D eigenvalue weighted by Gasteiger charge is 2.38. The number of hydrogen-bond donors (Lipinski definition) is 0. The molecule has 0 spiro atoms. The third kappa shape index (κ3) is 3.06. The first kappa shape index (κ1) is 17.0. The fourth-order valence-electron chi connectivity index (χ4n) is 2.93. The van der Waals surface area contributed by atoms with E-state index in [4.69, 9.17) is 9.26 Å². The predicted molar refractivity (Wildman–Crippen MR) is 89.5 cm³/mol. The van der Waals surface area contributed by atoms with Crippen molar-refractivity contribution in [3.8, 4) is 5.75 Å². The highest BCUT2D eigenvalue weighted by atomic mass is 32.2. The lowest BCUT2D eigenvalue weighted by molar-refractivity contribution is 0.295. The molecule has 2 aromatic rings. The van der Waals surface area contributed by atoms with Crippen LogP contribution in [0.5, 0.6) is 5.75 Å². The van der Waals surface area contributed by atoms with E-state index < -0.39 is 10.0 Å². The summed E-state index contributed by atoms with van der Waals surface area (Å²) in [5.41, 5.74) is 0.846. The fourth-order valence-corrected chi connectivity index (χ4v) is 4.59. The summed E-state index contributed by atoms with van der Waals surface area (Å²) in [6.07, 6.45) is 1.54. The van der Waals surface area contributed by atoms with E-state index in [0.29, 0.717) is 18.1 Å². The van der Waals surface area contributed by atoms with Gasteiger partial charge in [0.1, 0.15) is 5.75 Å². The zero-order valence-corrected chi connectivity index (χ0v) is 14.9. The maximum atomic E-state index is 13.0. The van der Waals surface area contributed by atoms with Crippen molar-refractivity contribution in [3.05, 3.63) is 41.8 Å². The molecule has 0 amide bonds. The SMILES string of the molecule is COc1ccc(S(=O)(=O)N2CCC[C@@H]2c2cc(C(C)C)no2)cc1. The van der Waals surface area contributed by atoms with Crippen molar-refractivity contribution in [3.63, 3.8) is 0 Å². The molecule has 1 fully saturated rings. The van der Waals surface area contributed by atoms with Crippen molar-refractivity contribution in [1.82, 2.24) is 9.46 Å². The largest absolute Gasteiger partial charge is 0.497 e. The number of ether oxygens (including phenoxy) is 1. The Morgan fingerprint density at radius 3 is 2.58 bits per heavy atom. The van der Waals surface area contributed by atoms with Gasteiger partial charge in [-0.05, 0) is 43.0 Å². The number of benzene rings is 1. The maximum Gasteiger partial charge on any atom is 0.243 e. The summed E-state index contributed by atoms with van der Waals surface area (Å²) in [6.45, 7) is 4.54. The van der Waals surface area contributed by atoms with Gasteiger partial charge in [-0.15, -0.1) is 0 Å². The summed E-state index contributed by atoms with van der Waals surface area (Å²) in [5, 5.41) is 4.06. The minimum absolute atomic E-state index is 0.246. The Hall–Kier alpha value is -1.86. The molecule has 1 aromatic carbocycles. The van der Waals surface area contributed by atoms with Crippen LogP contribution >= 0.6 is 0 Å². The van der Waals surface area contributed by atoms with Crippen molar-refractivity contribution in [2.45, 2.75) is 43.5 Å². The summed E-state index contributed by atoms with van der Waals surface area (Å²) in [7, 11) is -2.03. The van der Waals surface area contributed by atoms with E-state index in [0.717, 1.165) is 18.5 Å². The van der Waals surface area contributed by atoms with Crippen LogP contribution in [0.3, 0.4) is 0 Å². The maximum absolute atomic E-state index is 13.0. The average molecular weight is 350 g/mol. The van der Waals surface area contributed by atoms with E-state index in [1.54, 1.807) is 31.4 Å². The summed E-state index contributed by atoms with van der Waals surface area (Å²) in [4.78, 5) is 0.263. The van der Waals surface area contributed by atoms with Crippen LogP contribution in [-0.2, 0) is 10.0 Å². The van der Waals surface area contributed by atoms with Crippen LogP contribution in [-0.4, -0.2) is 31.5 Å². The molecule has 24 heavy (non-hydrogen) atoms. The molecular formula is C17H22N2O4S. The number of methoxy groups -OCH3 is 1. The van der Waals surface area contributed by atoms with E-state index in [-0.39, 0.29) is 16.9 Å². The minimum atomic E-state index is -3.58. The lowest BCUT2D eigenvalue weighted by atomic mass is 10.1. The molecule has 3 rings (SSSR count). The first-order chi connectivity index (χ1) is 11.4. The molecule has 0 bridgehead atoms. The molecule has 0 unspecified atom stereocenters. The Bertz CT molecular complexity index is 796. The molecule has 2 heterocycles. The Kier molecular flexibility index (Phi) is 4.64. The summed E-state index contributed by atoms with van der Waals surface area (Å²) in [6, 6.07) is 8.04. The molecule has 1 atom stereocenters. The van der Waals surface area contributed by atoms with Crippen LogP contribution in [0.2, 0.25) is 0 Å². The van der Waals surface area contributed by atoms with Gasteiger partial charge in [0.25, 0.3) is 0 Å². The van der Waals surface area contributed by atoms with Crippen molar-refractivity contribution in [2.24, 2.45) is 0 Å². The van der Waals surface area contributed by atoms with Crippen LogP contribution in [0, 0.1) is 0 Å². The first-order valence-corrected chi connectivity index (χ1v) is 9.50. The highest BCUT2D eigenvalue weighted by molar-refractivity contribution is 7.89. The van der Waals surface area contributed by atoms with Gasteiger partial charge >= 0.3 is 0 Å². The van der Waals surface area contributed by atoms with Crippen molar-refractivity contribution < 1.29 is 17.7 Å². The van der Waals surface area contributed by atoms with Crippen LogP contribution in [0.1, 0.15) is 50.1 Å². The van der Waals surface area contributed by atoms with Gasteiger partial charge in [0.05, 0.1) is 23.7 Å². The number of sulfonamides is 1. The third-order valence-electron chi connectivity index (χ3n) is 4.34. The summed E-state index contributed by atoms with van der Waals surface area (Å²) < 4.78 is 38.0. The molecule has 1 aliphatic rings. The Morgan fingerprint density at radius 1 is 1.29 bits per heavy atom. The van der Waals surface area contributed by atoms with Gasteiger partial charge in [0.2, 0.25) is 10.0 Å². The van der Waals surface area contributed by atoms with Gasteiger partial charge in [-0.25, -0.2) is 8.42 Å². The number of rotatable bonds is 5. The van der Waals surface area contributed by atoms with E-state index in [1.807, 2.05) is 19.9 Å². The van der Waals surface area contributed by atoms with Crippen molar-refractivity contribution >= 4 is 10.0 Å². The van der Waals surface area contributed by atoms with Crippen LogP contribution in [0.15, 0.2) is 39.8 Å². The molecular weight excluding hydrogens is 328 g/mol. The van der Waals surface area contributed by atoms with Gasteiger partial charge in [0.15, 0.2) is 5.76 Å². The average Bonchev–Trinajstić information content (AvgIpc) is 3.23. The molecule has 0 saturated carbocycles. The van der Waals surface area contributed by atoms with E-state index >= 15 is 0 Å². The number of hydrogen-bond acceptors (Lipinski definition) is 5. The third-order valence-corrected chi connectivity index (χ3v) is 6.26. The first-order valence-electron chi connectivity index (χ1n) is 8.06. The highest BCUT2D eigenvalue weighted by Crippen LogP contribution is 2.37. The quantitative estimate of drug-likeness (QED) is 0.827. The van der Waals surface area contributed by atoms with Gasteiger partial charge < -0.3 is 9.26 Å². The molecule has 1 aliphatic heterocycles. The Labute approximate surface area is 142 Å². The predicted octanol–water partition coefficient (Wildman–Crippen LogP) is 3.33. The zero-order chi connectivity index (χ0) is 17.3. The second-order valence-electron chi connectivity index (χ2n) is 6.26. The van der Waals surface area contributed by atoms with Crippen molar-refractivity contribution in [1.29, 1.82) is 0 Å². The molecule has 1 aromatic heterocycles. The lowest BCUT2D eigenvalue weighted by Gasteiger charge is -2.22. The van der Waals surface area contributed by atoms with Crippen LogP contribution in [0.25, 0.3) is 0 Å².